The molecule has 1 atom stereocenters. The molecule has 1 heterocycles. The number of ether oxygens (including phenoxy) is 1. The number of anilines is 1. The van der Waals surface area contributed by atoms with Gasteiger partial charge in [-0.3, -0.25) is 9.59 Å². The number of aliphatic hydroxyl groups is 1. The van der Waals surface area contributed by atoms with E-state index in [0.717, 1.165) is 17.7 Å². The van der Waals surface area contributed by atoms with E-state index in [4.69, 9.17) is 4.74 Å². The van der Waals surface area contributed by atoms with Crippen LogP contribution in [0.5, 0.6) is 5.75 Å². The molecule has 2 amide bonds. The lowest BCUT2D eigenvalue weighted by Crippen LogP contribution is -2.45. The third-order valence-electron chi connectivity index (χ3n) is 4.27. The highest BCUT2D eigenvalue weighted by Gasteiger charge is 2.46. The maximum atomic E-state index is 12.1. The molecule has 0 spiro atoms. The molecule has 1 fully saturated rings. The first-order valence-electron chi connectivity index (χ1n) is 8.02. The molecule has 0 saturated heterocycles. The smallest absolute Gasteiger partial charge is 0.313 e. The average molecular weight is 360 g/mol. The highest BCUT2D eigenvalue weighted by molar-refractivity contribution is 7.10. The first-order chi connectivity index (χ1) is 12.0. The second kappa shape index (κ2) is 7.25. The van der Waals surface area contributed by atoms with E-state index < -0.39 is 17.4 Å². The van der Waals surface area contributed by atoms with Crippen molar-refractivity contribution in [3.8, 4) is 5.75 Å². The molecule has 7 heteroatoms. The number of carbonyl (C=O) groups excluding carboxylic acids is 2. The van der Waals surface area contributed by atoms with Crippen molar-refractivity contribution in [3.05, 3.63) is 46.7 Å². The summed E-state index contributed by atoms with van der Waals surface area (Å²) in [6.45, 7) is 0.0209. The molecule has 1 aliphatic carbocycles. The van der Waals surface area contributed by atoms with Crippen LogP contribution in [0, 0.1) is 5.92 Å². The van der Waals surface area contributed by atoms with E-state index in [0.29, 0.717) is 11.4 Å². The van der Waals surface area contributed by atoms with Gasteiger partial charge in [0, 0.05) is 10.6 Å². The van der Waals surface area contributed by atoms with Gasteiger partial charge in [-0.1, -0.05) is 6.07 Å². The number of hydrogen-bond donors (Lipinski definition) is 3. The Balaban J connectivity index is 1.58. The summed E-state index contributed by atoms with van der Waals surface area (Å²) < 4.78 is 5.04. The van der Waals surface area contributed by atoms with Gasteiger partial charge < -0.3 is 20.5 Å². The molecular formula is C18H20N2O4S. The van der Waals surface area contributed by atoms with Crippen molar-refractivity contribution >= 4 is 28.8 Å². The molecule has 1 aliphatic rings. The predicted molar refractivity (Wildman–Crippen MR) is 95.6 cm³/mol. The van der Waals surface area contributed by atoms with Crippen LogP contribution in [0.2, 0.25) is 0 Å². The molecule has 0 bridgehead atoms. The minimum absolute atomic E-state index is 0.0209. The molecule has 1 aromatic carbocycles. The molecule has 1 saturated carbocycles. The SMILES string of the molecule is COc1ccc(NC(=O)C(=O)NCC(O)(c2cccs2)C2CC2)cc1. The third kappa shape index (κ3) is 4.00. The van der Waals surface area contributed by atoms with Crippen molar-refractivity contribution in [3.63, 3.8) is 0 Å². The molecule has 1 aromatic heterocycles. The van der Waals surface area contributed by atoms with Crippen molar-refractivity contribution in [1.82, 2.24) is 5.32 Å². The van der Waals surface area contributed by atoms with Gasteiger partial charge in [-0.2, -0.15) is 0 Å². The van der Waals surface area contributed by atoms with E-state index in [1.807, 2.05) is 17.5 Å². The normalized spacial score (nSPS) is 15.9. The van der Waals surface area contributed by atoms with Crippen LogP contribution in [0.15, 0.2) is 41.8 Å². The van der Waals surface area contributed by atoms with Crippen LogP contribution in [0.1, 0.15) is 17.7 Å². The summed E-state index contributed by atoms with van der Waals surface area (Å²) in [7, 11) is 1.55. The number of hydrogen-bond acceptors (Lipinski definition) is 5. The zero-order chi connectivity index (χ0) is 17.9. The van der Waals surface area contributed by atoms with Crippen molar-refractivity contribution in [2.24, 2.45) is 5.92 Å². The lowest BCUT2D eigenvalue weighted by atomic mass is 9.95. The second-order valence-corrected chi connectivity index (χ2v) is 6.99. The maximum Gasteiger partial charge on any atom is 0.313 e. The third-order valence-corrected chi connectivity index (χ3v) is 5.31. The van der Waals surface area contributed by atoms with Crippen LogP contribution in [0.3, 0.4) is 0 Å². The second-order valence-electron chi connectivity index (χ2n) is 6.04. The molecule has 0 aliphatic heterocycles. The van der Waals surface area contributed by atoms with Crippen LogP contribution in [0.4, 0.5) is 5.69 Å². The van der Waals surface area contributed by atoms with Gasteiger partial charge >= 0.3 is 11.8 Å². The number of benzene rings is 1. The largest absolute Gasteiger partial charge is 0.497 e. The number of amides is 2. The number of nitrogens with one attached hydrogen (secondary N) is 2. The van der Waals surface area contributed by atoms with Crippen LogP contribution in [-0.4, -0.2) is 30.6 Å². The van der Waals surface area contributed by atoms with Crippen LogP contribution in [0.25, 0.3) is 0 Å². The van der Waals surface area contributed by atoms with Crippen molar-refractivity contribution < 1.29 is 19.4 Å². The Hall–Kier alpha value is -2.38. The number of methoxy groups -OCH3 is 1. The lowest BCUT2D eigenvalue weighted by molar-refractivity contribution is -0.137. The van der Waals surface area contributed by atoms with E-state index in [-0.39, 0.29) is 12.5 Å². The summed E-state index contributed by atoms with van der Waals surface area (Å²) in [6.07, 6.45) is 1.84. The van der Waals surface area contributed by atoms with E-state index in [1.165, 1.54) is 11.3 Å². The van der Waals surface area contributed by atoms with Crippen LogP contribution in [-0.2, 0) is 15.2 Å². The zero-order valence-electron chi connectivity index (χ0n) is 13.8. The minimum Gasteiger partial charge on any atom is -0.497 e. The topological polar surface area (TPSA) is 87.7 Å². The highest BCUT2D eigenvalue weighted by atomic mass is 32.1. The van der Waals surface area contributed by atoms with Crippen LogP contribution < -0.4 is 15.4 Å². The van der Waals surface area contributed by atoms with E-state index in [1.54, 1.807) is 31.4 Å². The summed E-state index contributed by atoms with van der Waals surface area (Å²) in [6, 6.07) is 10.4. The number of rotatable bonds is 6. The Kier molecular flexibility index (Phi) is 5.06. The summed E-state index contributed by atoms with van der Waals surface area (Å²) in [5.41, 5.74) is -0.610. The summed E-state index contributed by atoms with van der Waals surface area (Å²) in [5, 5.41) is 17.9. The summed E-state index contributed by atoms with van der Waals surface area (Å²) >= 11 is 1.45. The van der Waals surface area contributed by atoms with Gasteiger partial charge in [0.25, 0.3) is 0 Å². The van der Waals surface area contributed by atoms with Gasteiger partial charge in [0.05, 0.1) is 13.7 Å². The Labute approximate surface area is 149 Å². The lowest BCUT2D eigenvalue weighted by Gasteiger charge is -2.27. The van der Waals surface area contributed by atoms with Gasteiger partial charge in [-0.15, -0.1) is 11.3 Å². The monoisotopic (exact) mass is 360 g/mol. The standard InChI is InChI=1S/C18H20N2O4S/c1-24-14-8-6-13(7-9-14)20-17(22)16(21)19-11-18(23,12-4-5-12)15-3-2-10-25-15/h2-3,6-10,12,23H,4-5,11H2,1H3,(H,19,21)(H,20,22). The maximum absolute atomic E-state index is 12.1. The summed E-state index contributed by atoms with van der Waals surface area (Å²) in [5.74, 6) is -0.759. The van der Waals surface area contributed by atoms with Gasteiger partial charge in [0.1, 0.15) is 11.4 Å². The quantitative estimate of drug-likeness (QED) is 0.689. The predicted octanol–water partition coefficient (Wildman–Crippen LogP) is 2.11. The molecule has 3 rings (SSSR count). The Morgan fingerprint density at radius 2 is 1.96 bits per heavy atom. The first-order valence-corrected chi connectivity index (χ1v) is 8.90. The first kappa shape index (κ1) is 17.4. The molecule has 3 N–H and O–H groups in total. The van der Waals surface area contributed by atoms with E-state index >= 15 is 0 Å². The molecule has 0 radical (unpaired) electrons. The van der Waals surface area contributed by atoms with Gasteiger partial charge in [0.2, 0.25) is 0 Å². The fourth-order valence-electron chi connectivity index (χ4n) is 2.68. The van der Waals surface area contributed by atoms with Crippen molar-refractivity contribution in [2.45, 2.75) is 18.4 Å². The molecule has 1 unspecified atom stereocenters. The number of carbonyl (C=O) groups is 2. The highest BCUT2D eigenvalue weighted by Crippen LogP contribution is 2.46. The average Bonchev–Trinajstić information content (AvgIpc) is 3.34. The minimum atomic E-state index is -1.11. The molecule has 132 valence electrons. The fraction of sp³-hybridized carbons (Fsp3) is 0.333. The van der Waals surface area contributed by atoms with Gasteiger partial charge in [0.15, 0.2) is 0 Å². The molecular weight excluding hydrogens is 340 g/mol. The number of thiophene rings is 1. The summed E-state index contributed by atoms with van der Waals surface area (Å²) in [4.78, 5) is 24.9. The van der Waals surface area contributed by atoms with E-state index in [9.17, 15) is 14.7 Å². The Morgan fingerprint density at radius 3 is 2.52 bits per heavy atom. The molecule has 25 heavy (non-hydrogen) atoms. The molecule has 6 nitrogen and oxygen atoms in total. The molecule has 2 aromatic rings. The van der Waals surface area contributed by atoms with Gasteiger partial charge in [-0.25, -0.2) is 0 Å². The Bertz CT molecular complexity index is 741. The zero-order valence-corrected chi connectivity index (χ0v) is 14.6. The van der Waals surface area contributed by atoms with E-state index in [2.05, 4.69) is 10.6 Å². The Morgan fingerprint density at radius 1 is 1.24 bits per heavy atom. The van der Waals surface area contributed by atoms with Crippen molar-refractivity contribution in [2.75, 3.05) is 19.0 Å². The van der Waals surface area contributed by atoms with Gasteiger partial charge in [-0.05, 0) is 54.5 Å². The van der Waals surface area contributed by atoms with Crippen LogP contribution >= 0.6 is 11.3 Å². The fourth-order valence-corrected chi connectivity index (χ4v) is 3.58. The van der Waals surface area contributed by atoms with Crippen molar-refractivity contribution in [1.29, 1.82) is 0 Å².